The lowest BCUT2D eigenvalue weighted by atomic mass is 10.1. The number of piperidine rings is 1. The predicted molar refractivity (Wildman–Crippen MR) is 113 cm³/mol. The number of hydrogen-bond donors (Lipinski definition) is 3. The highest BCUT2D eigenvalue weighted by Gasteiger charge is 2.24. The van der Waals surface area contributed by atoms with Crippen LogP contribution < -0.4 is 16.0 Å². The molecule has 2 amide bonds. The molecule has 0 unspecified atom stereocenters. The molecular weight excluding hydrogens is 372 g/mol. The first-order valence-corrected chi connectivity index (χ1v) is 10.2. The lowest BCUT2D eigenvalue weighted by Crippen LogP contribution is -2.50. The zero-order chi connectivity index (χ0) is 21.1. The number of amides is 2. The van der Waals surface area contributed by atoms with Crippen LogP contribution in [-0.4, -0.2) is 66.7 Å². The van der Waals surface area contributed by atoms with E-state index in [1.54, 1.807) is 11.0 Å². The molecule has 9 heteroatoms. The molecule has 160 valence electrons. The molecule has 1 aromatic heterocycles. The quantitative estimate of drug-likeness (QED) is 0.473. The van der Waals surface area contributed by atoms with Crippen LogP contribution in [-0.2, 0) is 9.53 Å². The average molecular weight is 405 g/mol. The second-order valence-electron chi connectivity index (χ2n) is 6.83. The zero-order valence-corrected chi connectivity index (χ0v) is 17.5. The Hall–Kier alpha value is -2.84. The first-order chi connectivity index (χ1) is 14.0. The predicted octanol–water partition coefficient (Wildman–Crippen LogP) is 1.89. The Morgan fingerprint density at radius 1 is 1.28 bits per heavy atom. The summed E-state index contributed by atoms with van der Waals surface area (Å²) in [5, 5.41) is 9.39. The standard InChI is InChI=1S/C20H32N6O3/c1-4-21-19(24-16-10-13-26(14-11-16)20(28)29-5-2)22-12-9-18(27)25-17-8-6-7-15(3)23-17/h6-8,16H,4-5,9-14H2,1-3H3,(H2,21,22,24)(H,23,25,27). The molecule has 0 bridgehead atoms. The van der Waals surface area contributed by atoms with Crippen molar-refractivity contribution in [2.24, 2.45) is 4.99 Å². The van der Waals surface area contributed by atoms with Crippen molar-refractivity contribution in [1.29, 1.82) is 0 Å². The van der Waals surface area contributed by atoms with Crippen molar-refractivity contribution in [3.63, 3.8) is 0 Å². The van der Waals surface area contributed by atoms with E-state index in [9.17, 15) is 9.59 Å². The second kappa shape index (κ2) is 11.9. The van der Waals surface area contributed by atoms with Gasteiger partial charge in [0, 0.05) is 37.8 Å². The SMILES string of the molecule is CCNC(=NCCC(=O)Nc1cccc(C)n1)NC1CCN(C(=O)OCC)CC1. The average Bonchev–Trinajstić information content (AvgIpc) is 2.69. The first-order valence-electron chi connectivity index (χ1n) is 10.2. The van der Waals surface area contributed by atoms with Crippen LogP contribution in [0, 0.1) is 6.92 Å². The van der Waals surface area contributed by atoms with Crippen LogP contribution >= 0.6 is 0 Å². The van der Waals surface area contributed by atoms with Gasteiger partial charge in [0.25, 0.3) is 0 Å². The third kappa shape index (κ3) is 7.97. The summed E-state index contributed by atoms with van der Waals surface area (Å²) in [6.07, 6.45) is 1.67. The lowest BCUT2D eigenvalue weighted by molar-refractivity contribution is -0.116. The third-order valence-electron chi connectivity index (χ3n) is 4.47. The first kappa shape index (κ1) is 22.4. The molecule has 3 N–H and O–H groups in total. The Labute approximate surface area is 172 Å². The fraction of sp³-hybridized carbons (Fsp3) is 0.600. The van der Waals surface area contributed by atoms with Crippen molar-refractivity contribution in [1.82, 2.24) is 20.5 Å². The van der Waals surface area contributed by atoms with Gasteiger partial charge in [-0.2, -0.15) is 0 Å². The summed E-state index contributed by atoms with van der Waals surface area (Å²) in [5.74, 6) is 1.12. The number of nitrogens with zero attached hydrogens (tertiary/aromatic N) is 3. The third-order valence-corrected chi connectivity index (χ3v) is 4.47. The number of nitrogens with one attached hydrogen (secondary N) is 3. The van der Waals surface area contributed by atoms with Gasteiger partial charge in [0.05, 0.1) is 13.2 Å². The molecule has 29 heavy (non-hydrogen) atoms. The molecule has 1 fully saturated rings. The number of rotatable bonds is 7. The van der Waals surface area contributed by atoms with E-state index in [0.29, 0.717) is 38.0 Å². The minimum atomic E-state index is -0.249. The Balaban J connectivity index is 1.77. The Morgan fingerprint density at radius 3 is 2.69 bits per heavy atom. The number of likely N-dealkylation sites (tertiary alicyclic amines) is 1. The monoisotopic (exact) mass is 404 g/mol. The summed E-state index contributed by atoms with van der Waals surface area (Å²) in [6, 6.07) is 5.73. The van der Waals surface area contributed by atoms with Crippen molar-refractivity contribution in [2.45, 2.75) is 46.1 Å². The number of anilines is 1. The normalized spacial score (nSPS) is 15.0. The van der Waals surface area contributed by atoms with Crippen LogP contribution in [0.4, 0.5) is 10.6 Å². The number of ether oxygens (including phenoxy) is 1. The smallest absolute Gasteiger partial charge is 0.409 e. The van der Waals surface area contributed by atoms with Crippen molar-refractivity contribution in [3.05, 3.63) is 23.9 Å². The molecule has 1 saturated heterocycles. The number of carbonyl (C=O) groups is 2. The highest BCUT2D eigenvalue weighted by molar-refractivity contribution is 5.90. The maximum absolute atomic E-state index is 12.1. The highest BCUT2D eigenvalue weighted by Crippen LogP contribution is 2.11. The van der Waals surface area contributed by atoms with Gasteiger partial charge in [0.1, 0.15) is 5.82 Å². The molecule has 2 rings (SSSR count). The zero-order valence-electron chi connectivity index (χ0n) is 17.5. The minimum Gasteiger partial charge on any atom is -0.450 e. The van der Waals surface area contributed by atoms with Gasteiger partial charge in [-0.1, -0.05) is 6.07 Å². The molecule has 2 heterocycles. The van der Waals surface area contributed by atoms with E-state index in [1.165, 1.54) is 0 Å². The summed E-state index contributed by atoms with van der Waals surface area (Å²) in [7, 11) is 0. The van der Waals surface area contributed by atoms with Gasteiger partial charge in [0.15, 0.2) is 5.96 Å². The fourth-order valence-corrected chi connectivity index (χ4v) is 3.02. The number of pyridine rings is 1. The molecule has 0 aromatic carbocycles. The van der Waals surface area contributed by atoms with Crippen molar-refractivity contribution >= 4 is 23.8 Å². The van der Waals surface area contributed by atoms with E-state index in [0.717, 1.165) is 25.1 Å². The molecule has 0 aliphatic carbocycles. The van der Waals surface area contributed by atoms with E-state index in [-0.39, 0.29) is 24.5 Å². The van der Waals surface area contributed by atoms with Gasteiger partial charge >= 0.3 is 6.09 Å². The number of aryl methyl sites for hydroxylation is 1. The van der Waals surface area contributed by atoms with Crippen LogP contribution in [0.5, 0.6) is 0 Å². The summed E-state index contributed by atoms with van der Waals surface area (Å²) in [5.41, 5.74) is 0.855. The van der Waals surface area contributed by atoms with E-state index >= 15 is 0 Å². The van der Waals surface area contributed by atoms with Gasteiger partial charge in [0.2, 0.25) is 5.91 Å². The molecule has 9 nitrogen and oxygen atoms in total. The van der Waals surface area contributed by atoms with Crippen LogP contribution in [0.15, 0.2) is 23.2 Å². The number of hydrogen-bond acceptors (Lipinski definition) is 5. The van der Waals surface area contributed by atoms with Crippen LogP contribution in [0.25, 0.3) is 0 Å². The number of aliphatic imine (C=N–C) groups is 1. The van der Waals surface area contributed by atoms with E-state index in [1.807, 2.05) is 32.9 Å². The van der Waals surface area contributed by atoms with Gasteiger partial charge in [-0.3, -0.25) is 9.79 Å². The molecule has 0 radical (unpaired) electrons. The van der Waals surface area contributed by atoms with Crippen LogP contribution in [0.2, 0.25) is 0 Å². The second-order valence-corrected chi connectivity index (χ2v) is 6.83. The van der Waals surface area contributed by atoms with Gasteiger partial charge in [-0.15, -0.1) is 0 Å². The Kier molecular flexibility index (Phi) is 9.20. The van der Waals surface area contributed by atoms with Crippen LogP contribution in [0.3, 0.4) is 0 Å². The van der Waals surface area contributed by atoms with E-state index < -0.39 is 0 Å². The number of aromatic nitrogens is 1. The molecule has 1 aliphatic heterocycles. The van der Waals surface area contributed by atoms with Crippen molar-refractivity contribution in [2.75, 3.05) is 38.1 Å². The van der Waals surface area contributed by atoms with E-state index in [2.05, 4.69) is 25.9 Å². The van der Waals surface area contributed by atoms with Crippen LogP contribution in [0.1, 0.15) is 38.8 Å². The topological polar surface area (TPSA) is 108 Å². The van der Waals surface area contributed by atoms with E-state index in [4.69, 9.17) is 4.74 Å². The van der Waals surface area contributed by atoms with Gasteiger partial charge in [-0.25, -0.2) is 9.78 Å². The summed E-state index contributed by atoms with van der Waals surface area (Å²) >= 11 is 0. The Bertz CT molecular complexity index is 701. The molecule has 0 atom stereocenters. The summed E-state index contributed by atoms with van der Waals surface area (Å²) in [6.45, 7) is 8.48. The maximum atomic E-state index is 12.1. The Morgan fingerprint density at radius 2 is 2.03 bits per heavy atom. The lowest BCUT2D eigenvalue weighted by Gasteiger charge is -2.32. The van der Waals surface area contributed by atoms with Crippen molar-refractivity contribution < 1.29 is 14.3 Å². The largest absolute Gasteiger partial charge is 0.450 e. The summed E-state index contributed by atoms with van der Waals surface area (Å²) < 4.78 is 5.05. The highest BCUT2D eigenvalue weighted by atomic mass is 16.6. The maximum Gasteiger partial charge on any atom is 0.409 e. The molecule has 1 aromatic rings. The minimum absolute atomic E-state index is 0.120. The molecular formula is C20H32N6O3. The molecule has 1 aliphatic rings. The van der Waals surface area contributed by atoms with Gasteiger partial charge < -0.3 is 25.6 Å². The fourth-order valence-electron chi connectivity index (χ4n) is 3.02. The van der Waals surface area contributed by atoms with Gasteiger partial charge in [-0.05, 0) is 45.7 Å². The summed E-state index contributed by atoms with van der Waals surface area (Å²) in [4.78, 5) is 34.4. The van der Waals surface area contributed by atoms with Crippen molar-refractivity contribution in [3.8, 4) is 0 Å². The molecule has 0 spiro atoms. The number of guanidine groups is 1. The number of carbonyl (C=O) groups excluding carboxylic acids is 2. The molecule has 0 saturated carbocycles.